The standard InChI is InChI=1S/C13H12ClN3O2/c1-2-19-10-6-4-3-5-9(10)13(18)15-12-8-7-11(14)16-17-12/h3-8H,2H2,1H3,(H,15,17,18). The molecule has 1 N–H and O–H groups in total. The molecule has 0 saturated carbocycles. The van der Waals surface area contributed by atoms with Gasteiger partial charge < -0.3 is 10.1 Å². The van der Waals surface area contributed by atoms with E-state index in [-0.39, 0.29) is 11.1 Å². The highest BCUT2D eigenvalue weighted by molar-refractivity contribution is 6.29. The Bertz CT molecular complexity index is 572. The van der Waals surface area contributed by atoms with E-state index in [0.29, 0.717) is 23.7 Å². The SMILES string of the molecule is CCOc1ccccc1C(=O)Nc1ccc(Cl)nn1. The fraction of sp³-hybridized carbons (Fsp3) is 0.154. The molecule has 0 aliphatic heterocycles. The van der Waals surface area contributed by atoms with Crippen molar-refractivity contribution in [3.8, 4) is 5.75 Å². The van der Waals surface area contributed by atoms with Crippen LogP contribution in [0.4, 0.5) is 5.82 Å². The van der Waals surface area contributed by atoms with E-state index in [1.165, 1.54) is 0 Å². The molecule has 98 valence electrons. The number of nitrogens with zero attached hydrogens (tertiary/aromatic N) is 2. The number of halogens is 1. The third kappa shape index (κ3) is 3.42. The lowest BCUT2D eigenvalue weighted by atomic mass is 10.2. The summed E-state index contributed by atoms with van der Waals surface area (Å²) in [6.07, 6.45) is 0. The molecule has 0 aliphatic rings. The fourth-order valence-electron chi connectivity index (χ4n) is 1.50. The minimum absolute atomic E-state index is 0.271. The number of ether oxygens (including phenoxy) is 1. The third-order valence-electron chi connectivity index (χ3n) is 2.31. The van der Waals surface area contributed by atoms with E-state index in [1.54, 1.807) is 30.3 Å². The van der Waals surface area contributed by atoms with E-state index < -0.39 is 0 Å². The molecule has 2 aromatic rings. The fourth-order valence-corrected chi connectivity index (χ4v) is 1.60. The molecule has 0 spiro atoms. The lowest BCUT2D eigenvalue weighted by Gasteiger charge is -2.09. The normalized spacial score (nSPS) is 10.0. The van der Waals surface area contributed by atoms with Crippen molar-refractivity contribution in [3.63, 3.8) is 0 Å². The second-order valence-electron chi connectivity index (χ2n) is 3.62. The van der Waals surface area contributed by atoms with Crippen molar-refractivity contribution in [2.45, 2.75) is 6.92 Å². The van der Waals surface area contributed by atoms with Crippen molar-refractivity contribution in [3.05, 3.63) is 47.1 Å². The lowest BCUT2D eigenvalue weighted by molar-refractivity contribution is 0.102. The van der Waals surface area contributed by atoms with Crippen LogP contribution in [0.3, 0.4) is 0 Å². The van der Waals surface area contributed by atoms with E-state index in [2.05, 4.69) is 15.5 Å². The van der Waals surface area contributed by atoms with Gasteiger partial charge in [-0.05, 0) is 31.2 Å². The monoisotopic (exact) mass is 277 g/mol. The molecular weight excluding hydrogens is 266 g/mol. The minimum atomic E-state index is -0.305. The molecule has 1 aromatic carbocycles. The number of para-hydroxylation sites is 1. The van der Waals surface area contributed by atoms with Crippen molar-refractivity contribution in [2.24, 2.45) is 0 Å². The van der Waals surface area contributed by atoms with Gasteiger partial charge in [0.1, 0.15) is 5.75 Å². The summed E-state index contributed by atoms with van der Waals surface area (Å²) in [5.41, 5.74) is 0.445. The zero-order chi connectivity index (χ0) is 13.7. The summed E-state index contributed by atoms with van der Waals surface area (Å²) in [5.74, 6) is 0.561. The molecule has 1 heterocycles. The first kappa shape index (κ1) is 13.3. The molecule has 5 nitrogen and oxygen atoms in total. The summed E-state index contributed by atoms with van der Waals surface area (Å²) < 4.78 is 5.40. The van der Waals surface area contributed by atoms with Crippen LogP contribution in [0.5, 0.6) is 5.75 Å². The van der Waals surface area contributed by atoms with Gasteiger partial charge in [0.2, 0.25) is 0 Å². The molecule has 0 bridgehead atoms. The molecule has 0 radical (unpaired) electrons. The lowest BCUT2D eigenvalue weighted by Crippen LogP contribution is -2.14. The molecular formula is C13H12ClN3O2. The predicted molar refractivity (Wildman–Crippen MR) is 72.6 cm³/mol. The number of carbonyl (C=O) groups is 1. The summed E-state index contributed by atoms with van der Waals surface area (Å²) in [6.45, 7) is 2.35. The van der Waals surface area contributed by atoms with Crippen LogP contribution < -0.4 is 10.1 Å². The van der Waals surface area contributed by atoms with E-state index in [4.69, 9.17) is 16.3 Å². The summed E-state index contributed by atoms with van der Waals surface area (Å²) in [6, 6.07) is 10.1. The maximum atomic E-state index is 12.1. The van der Waals surface area contributed by atoms with Gasteiger partial charge in [0.15, 0.2) is 11.0 Å². The Labute approximate surface area is 115 Å². The van der Waals surface area contributed by atoms with Gasteiger partial charge in [-0.1, -0.05) is 23.7 Å². The molecule has 1 aromatic heterocycles. The third-order valence-corrected chi connectivity index (χ3v) is 2.51. The van der Waals surface area contributed by atoms with Gasteiger partial charge in [-0.25, -0.2) is 0 Å². The van der Waals surface area contributed by atoms with E-state index in [1.807, 2.05) is 13.0 Å². The zero-order valence-electron chi connectivity index (χ0n) is 10.3. The summed E-state index contributed by atoms with van der Waals surface area (Å²) in [5, 5.41) is 10.3. The first-order valence-electron chi connectivity index (χ1n) is 5.73. The van der Waals surface area contributed by atoms with Crippen molar-refractivity contribution in [2.75, 3.05) is 11.9 Å². The molecule has 19 heavy (non-hydrogen) atoms. The first-order chi connectivity index (χ1) is 9.20. The summed E-state index contributed by atoms with van der Waals surface area (Å²) >= 11 is 5.63. The Morgan fingerprint density at radius 2 is 2.05 bits per heavy atom. The van der Waals surface area contributed by atoms with Crippen molar-refractivity contribution < 1.29 is 9.53 Å². The van der Waals surface area contributed by atoms with Crippen LogP contribution in [-0.4, -0.2) is 22.7 Å². The molecule has 6 heteroatoms. The number of rotatable bonds is 4. The van der Waals surface area contributed by atoms with Crippen molar-refractivity contribution in [1.29, 1.82) is 0 Å². The Morgan fingerprint density at radius 3 is 2.74 bits per heavy atom. The van der Waals surface area contributed by atoms with E-state index in [0.717, 1.165) is 0 Å². The van der Waals surface area contributed by atoms with Gasteiger partial charge in [-0.15, -0.1) is 10.2 Å². The molecule has 0 unspecified atom stereocenters. The Hall–Kier alpha value is -2.14. The van der Waals surface area contributed by atoms with Crippen LogP contribution in [-0.2, 0) is 0 Å². The van der Waals surface area contributed by atoms with Crippen LogP contribution in [0.15, 0.2) is 36.4 Å². The molecule has 0 atom stereocenters. The van der Waals surface area contributed by atoms with Gasteiger partial charge in [-0.2, -0.15) is 0 Å². The largest absolute Gasteiger partial charge is 0.493 e. The average molecular weight is 278 g/mol. The number of aromatic nitrogens is 2. The van der Waals surface area contributed by atoms with Gasteiger partial charge in [-0.3, -0.25) is 4.79 Å². The quantitative estimate of drug-likeness (QED) is 0.933. The minimum Gasteiger partial charge on any atom is -0.493 e. The second kappa shape index (κ2) is 6.15. The van der Waals surface area contributed by atoms with Crippen LogP contribution >= 0.6 is 11.6 Å². The molecule has 0 saturated heterocycles. The van der Waals surface area contributed by atoms with Crippen LogP contribution in [0.2, 0.25) is 5.15 Å². The topological polar surface area (TPSA) is 64.1 Å². The maximum absolute atomic E-state index is 12.1. The number of benzene rings is 1. The number of amides is 1. The van der Waals surface area contributed by atoms with Crippen molar-refractivity contribution in [1.82, 2.24) is 10.2 Å². The van der Waals surface area contributed by atoms with Gasteiger partial charge >= 0.3 is 0 Å². The molecule has 1 amide bonds. The Balaban J connectivity index is 2.18. The average Bonchev–Trinajstić information content (AvgIpc) is 2.42. The number of carbonyl (C=O) groups excluding carboxylic acids is 1. The smallest absolute Gasteiger partial charge is 0.260 e. The second-order valence-corrected chi connectivity index (χ2v) is 4.01. The van der Waals surface area contributed by atoms with Gasteiger partial charge in [0.25, 0.3) is 5.91 Å². The van der Waals surface area contributed by atoms with Crippen molar-refractivity contribution >= 4 is 23.3 Å². The number of anilines is 1. The van der Waals surface area contributed by atoms with Gasteiger partial charge in [0, 0.05) is 0 Å². The summed E-state index contributed by atoms with van der Waals surface area (Å²) in [7, 11) is 0. The number of nitrogens with one attached hydrogen (secondary N) is 1. The Kier molecular flexibility index (Phi) is 4.30. The Morgan fingerprint density at radius 1 is 1.26 bits per heavy atom. The first-order valence-corrected chi connectivity index (χ1v) is 6.11. The van der Waals surface area contributed by atoms with Crippen LogP contribution in [0, 0.1) is 0 Å². The highest BCUT2D eigenvalue weighted by Gasteiger charge is 2.12. The number of hydrogen-bond donors (Lipinski definition) is 1. The summed E-state index contributed by atoms with van der Waals surface area (Å²) in [4.78, 5) is 12.1. The van der Waals surface area contributed by atoms with Crippen LogP contribution in [0.1, 0.15) is 17.3 Å². The number of hydrogen-bond acceptors (Lipinski definition) is 4. The molecule has 0 aliphatic carbocycles. The van der Waals surface area contributed by atoms with Crippen LogP contribution in [0.25, 0.3) is 0 Å². The van der Waals surface area contributed by atoms with E-state index in [9.17, 15) is 4.79 Å². The highest BCUT2D eigenvalue weighted by atomic mass is 35.5. The zero-order valence-corrected chi connectivity index (χ0v) is 11.0. The highest BCUT2D eigenvalue weighted by Crippen LogP contribution is 2.19. The van der Waals surface area contributed by atoms with Gasteiger partial charge in [0.05, 0.1) is 12.2 Å². The predicted octanol–water partition coefficient (Wildman–Crippen LogP) is 2.78. The van der Waals surface area contributed by atoms with E-state index >= 15 is 0 Å². The molecule has 2 rings (SSSR count). The molecule has 0 fully saturated rings. The maximum Gasteiger partial charge on any atom is 0.260 e.